The van der Waals surface area contributed by atoms with Crippen molar-refractivity contribution in [2.24, 2.45) is 11.3 Å². The van der Waals surface area contributed by atoms with Gasteiger partial charge >= 0.3 is 0 Å². The maximum Gasteiger partial charge on any atom is 0.163 e. The van der Waals surface area contributed by atoms with Crippen LogP contribution in [0.5, 0.6) is 0 Å². The molecule has 3 aliphatic rings. The molecule has 5 atom stereocenters. The van der Waals surface area contributed by atoms with Crippen molar-refractivity contribution in [2.45, 2.75) is 51.3 Å². The van der Waals surface area contributed by atoms with Crippen molar-refractivity contribution in [3.05, 3.63) is 0 Å². The van der Waals surface area contributed by atoms with Crippen LogP contribution >= 0.6 is 0 Å². The van der Waals surface area contributed by atoms with E-state index in [9.17, 15) is 9.90 Å². The molecule has 0 aromatic heterocycles. The molecule has 0 spiro atoms. The average molecular weight is 212 g/mol. The number of Topliss-reactive ketones (excluding diaryl/α,β-unsaturated/α-hetero) is 1. The van der Waals surface area contributed by atoms with E-state index in [4.69, 9.17) is 9.47 Å². The third-order valence-corrected chi connectivity index (χ3v) is 4.10. The van der Waals surface area contributed by atoms with E-state index in [1.807, 2.05) is 13.8 Å². The number of ketones is 1. The van der Waals surface area contributed by atoms with E-state index in [-0.39, 0.29) is 23.9 Å². The molecule has 4 nitrogen and oxygen atoms in total. The second-order valence-electron chi connectivity index (χ2n) is 5.42. The second kappa shape index (κ2) is 2.44. The fourth-order valence-corrected chi connectivity index (χ4v) is 3.33. The zero-order valence-corrected chi connectivity index (χ0v) is 9.19. The highest BCUT2D eigenvalue weighted by Crippen LogP contribution is 2.67. The highest BCUT2D eigenvalue weighted by atomic mass is 16.8. The van der Waals surface area contributed by atoms with Gasteiger partial charge in [-0.2, -0.15) is 0 Å². The van der Waals surface area contributed by atoms with E-state index < -0.39 is 17.3 Å². The van der Waals surface area contributed by atoms with Gasteiger partial charge in [0.1, 0.15) is 18.0 Å². The van der Waals surface area contributed by atoms with Gasteiger partial charge in [0.25, 0.3) is 0 Å². The molecule has 0 aromatic carbocycles. The zero-order chi connectivity index (χ0) is 11.0. The SMILES string of the molecule is CC(=O)[C@@]12C[C@@H]1[C@H](O)[C@@H]1OC(C)(C)O[C@@H]12. The molecule has 1 heterocycles. The molecular formula is C11H16O4. The molecule has 0 unspecified atom stereocenters. The van der Waals surface area contributed by atoms with Crippen molar-refractivity contribution in [3.63, 3.8) is 0 Å². The van der Waals surface area contributed by atoms with Gasteiger partial charge in [0.2, 0.25) is 0 Å². The van der Waals surface area contributed by atoms with Crippen LogP contribution in [-0.2, 0) is 14.3 Å². The second-order valence-corrected chi connectivity index (χ2v) is 5.42. The highest BCUT2D eigenvalue weighted by molar-refractivity contribution is 5.87. The van der Waals surface area contributed by atoms with Gasteiger partial charge in [-0.25, -0.2) is 0 Å². The number of aliphatic hydroxyl groups excluding tert-OH is 1. The number of hydrogen-bond acceptors (Lipinski definition) is 4. The number of hydrogen-bond donors (Lipinski definition) is 1. The lowest BCUT2D eigenvalue weighted by atomic mass is 9.95. The molecule has 0 bridgehead atoms. The molecule has 0 radical (unpaired) electrons. The molecule has 3 rings (SSSR count). The lowest BCUT2D eigenvalue weighted by molar-refractivity contribution is -0.169. The third kappa shape index (κ3) is 0.998. The first-order valence-corrected chi connectivity index (χ1v) is 5.43. The molecule has 1 saturated heterocycles. The highest BCUT2D eigenvalue weighted by Gasteiger charge is 2.77. The summed E-state index contributed by atoms with van der Waals surface area (Å²) in [5.74, 6) is -0.492. The fraction of sp³-hybridized carbons (Fsp3) is 0.909. The van der Waals surface area contributed by atoms with Crippen molar-refractivity contribution in [1.29, 1.82) is 0 Å². The first-order chi connectivity index (χ1) is 6.88. The largest absolute Gasteiger partial charge is 0.390 e. The summed E-state index contributed by atoms with van der Waals surface area (Å²) in [5.41, 5.74) is -0.447. The minimum absolute atomic E-state index is 0.0566. The third-order valence-electron chi connectivity index (χ3n) is 4.10. The molecular weight excluding hydrogens is 196 g/mol. The van der Waals surface area contributed by atoms with Crippen LogP contribution in [0.2, 0.25) is 0 Å². The zero-order valence-electron chi connectivity index (χ0n) is 9.19. The number of carbonyl (C=O) groups is 1. The van der Waals surface area contributed by atoms with Crippen LogP contribution in [0.1, 0.15) is 27.2 Å². The van der Waals surface area contributed by atoms with Crippen molar-refractivity contribution >= 4 is 5.78 Å². The van der Waals surface area contributed by atoms with Gasteiger partial charge in [-0.05, 0) is 27.2 Å². The number of aliphatic hydroxyl groups is 1. The van der Waals surface area contributed by atoms with Crippen molar-refractivity contribution < 1.29 is 19.4 Å². The van der Waals surface area contributed by atoms with Crippen LogP contribution in [0.15, 0.2) is 0 Å². The van der Waals surface area contributed by atoms with E-state index in [0.717, 1.165) is 6.42 Å². The van der Waals surface area contributed by atoms with E-state index in [0.29, 0.717) is 0 Å². The van der Waals surface area contributed by atoms with Gasteiger partial charge in [-0.1, -0.05) is 0 Å². The van der Waals surface area contributed by atoms with Gasteiger partial charge in [0.15, 0.2) is 5.79 Å². The number of ether oxygens (including phenoxy) is 2. The predicted octanol–water partition coefficient (Wildman–Crippen LogP) is 0.476. The monoisotopic (exact) mass is 212 g/mol. The molecule has 1 N–H and O–H groups in total. The molecule has 2 aliphatic carbocycles. The first kappa shape index (κ1) is 9.75. The van der Waals surface area contributed by atoms with Crippen LogP contribution in [0.25, 0.3) is 0 Å². The molecule has 1 aliphatic heterocycles. The van der Waals surface area contributed by atoms with Gasteiger partial charge in [-0.15, -0.1) is 0 Å². The summed E-state index contributed by atoms with van der Waals surface area (Å²) in [6.45, 7) is 5.23. The van der Waals surface area contributed by atoms with Crippen molar-refractivity contribution in [3.8, 4) is 0 Å². The number of fused-ring (bicyclic) bond motifs is 3. The summed E-state index contributed by atoms with van der Waals surface area (Å²) in [6, 6.07) is 0. The number of rotatable bonds is 1. The summed E-state index contributed by atoms with van der Waals surface area (Å²) in [5, 5.41) is 10.00. The van der Waals surface area contributed by atoms with Crippen LogP contribution < -0.4 is 0 Å². The summed E-state index contributed by atoms with van der Waals surface area (Å²) >= 11 is 0. The Bertz CT molecular complexity index is 337. The Labute approximate surface area is 88.6 Å². The van der Waals surface area contributed by atoms with Gasteiger partial charge in [0.05, 0.1) is 11.5 Å². The Morgan fingerprint density at radius 1 is 1.40 bits per heavy atom. The topological polar surface area (TPSA) is 55.8 Å². The molecule has 15 heavy (non-hydrogen) atoms. The maximum absolute atomic E-state index is 11.7. The molecule has 2 saturated carbocycles. The Morgan fingerprint density at radius 2 is 2.07 bits per heavy atom. The van der Waals surface area contributed by atoms with E-state index >= 15 is 0 Å². The van der Waals surface area contributed by atoms with Crippen LogP contribution in [-0.4, -0.2) is 35.0 Å². The Hall–Kier alpha value is -0.450. The minimum atomic E-state index is -0.674. The van der Waals surface area contributed by atoms with Crippen molar-refractivity contribution in [2.75, 3.05) is 0 Å². The Kier molecular flexibility index (Phi) is 1.59. The lowest BCUT2D eigenvalue weighted by Gasteiger charge is -2.21. The molecule has 3 fully saturated rings. The molecule has 4 heteroatoms. The number of carbonyl (C=O) groups excluding carboxylic acids is 1. The summed E-state index contributed by atoms with van der Waals surface area (Å²) in [4.78, 5) is 11.7. The normalized spacial score (nSPS) is 54.9. The smallest absolute Gasteiger partial charge is 0.163 e. The quantitative estimate of drug-likeness (QED) is 0.686. The average Bonchev–Trinajstić information content (AvgIpc) is 2.72. The Balaban J connectivity index is 1.96. The summed E-state index contributed by atoms with van der Waals surface area (Å²) in [6.07, 6.45) is -0.349. The van der Waals surface area contributed by atoms with E-state index in [1.54, 1.807) is 6.92 Å². The van der Waals surface area contributed by atoms with Crippen LogP contribution in [0, 0.1) is 11.3 Å². The summed E-state index contributed by atoms with van der Waals surface area (Å²) in [7, 11) is 0. The lowest BCUT2D eigenvalue weighted by Crippen LogP contribution is -2.35. The molecule has 0 aromatic rings. The summed E-state index contributed by atoms with van der Waals surface area (Å²) < 4.78 is 11.4. The molecule has 84 valence electrons. The maximum atomic E-state index is 11.7. The minimum Gasteiger partial charge on any atom is -0.390 e. The van der Waals surface area contributed by atoms with Crippen LogP contribution in [0.3, 0.4) is 0 Å². The fourth-order valence-electron chi connectivity index (χ4n) is 3.33. The molecule has 0 amide bonds. The van der Waals surface area contributed by atoms with E-state index in [2.05, 4.69) is 0 Å². The predicted molar refractivity (Wildman–Crippen MR) is 51.1 cm³/mol. The van der Waals surface area contributed by atoms with Gasteiger partial charge in [0, 0.05) is 5.92 Å². The van der Waals surface area contributed by atoms with Crippen molar-refractivity contribution in [1.82, 2.24) is 0 Å². The first-order valence-electron chi connectivity index (χ1n) is 5.43. The van der Waals surface area contributed by atoms with E-state index in [1.165, 1.54) is 0 Å². The van der Waals surface area contributed by atoms with Gasteiger partial charge < -0.3 is 14.6 Å². The standard InChI is InChI=1S/C11H16O4/c1-5(12)11-4-6(11)7(13)8-9(11)15-10(2,3)14-8/h6-9,13H,4H2,1-3H3/t6-,7+,8+,9+,11+/m1/s1. The van der Waals surface area contributed by atoms with Crippen LogP contribution in [0.4, 0.5) is 0 Å². The Morgan fingerprint density at radius 3 is 2.67 bits per heavy atom. The van der Waals surface area contributed by atoms with Gasteiger partial charge in [-0.3, -0.25) is 4.79 Å².